The minimum Gasteiger partial charge on any atom is -0.489 e. The zero-order valence-electron chi connectivity index (χ0n) is 15.5. The molecule has 144 valence electrons. The minimum atomic E-state index is 0.0609. The number of carbonyl (C=O) groups is 1. The quantitative estimate of drug-likeness (QED) is 0.721. The molecule has 1 unspecified atom stereocenters. The molecule has 1 fully saturated rings. The fraction of sp³-hybridized carbons (Fsp3) is 0.409. The number of carbonyl (C=O) groups excluding carboxylic acids is 1. The van der Waals surface area contributed by atoms with E-state index in [0.29, 0.717) is 24.0 Å². The molecule has 4 nitrogen and oxygen atoms in total. The summed E-state index contributed by atoms with van der Waals surface area (Å²) in [5.41, 5.74) is 1.97. The van der Waals surface area contributed by atoms with Gasteiger partial charge in [0.05, 0.1) is 6.42 Å². The van der Waals surface area contributed by atoms with Gasteiger partial charge in [0.25, 0.3) is 0 Å². The Hall–Kier alpha value is -2.04. The van der Waals surface area contributed by atoms with E-state index >= 15 is 0 Å². The number of benzene rings is 2. The molecule has 0 spiro atoms. The molecule has 2 aromatic rings. The van der Waals surface area contributed by atoms with Gasteiger partial charge in [-0.25, -0.2) is 0 Å². The molecular weight excluding hydrogens is 360 g/mol. The number of nitrogens with one attached hydrogen (secondary N) is 2. The van der Waals surface area contributed by atoms with Gasteiger partial charge in [0, 0.05) is 11.6 Å². The van der Waals surface area contributed by atoms with Crippen molar-refractivity contribution < 1.29 is 9.53 Å². The fourth-order valence-electron chi connectivity index (χ4n) is 3.37. The first-order valence-corrected chi connectivity index (χ1v) is 10.0. The van der Waals surface area contributed by atoms with Crippen molar-refractivity contribution >= 4 is 17.5 Å². The molecule has 3 rings (SSSR count). The van der Waals surface area contributed by atoms with E-state index in [1.807, 2.05) is 48.5 Å². The summed E-state index contributed by atoms with van der Waals surface area (Å²) in [6.45, 7) is 3.39. The SMILES string of the molecule is O=C(Cc1cccc(OCc2cccc(Cl)c2)c1)NCCC1CCCNC1. The molecule has 27 heavy (non-hydrogen) atoms. The highest BCUT2D eigenvalue weighted by molar-refractivity contribution is 6.30. The number of ether oxygens (including phenoxy) is 1. The summed E-state index contributed by atoms with van der Waals surface area (Å²) in [6.07, 6.45) is 3.91. The van der Waals surface area contributed by atoms with Gasteiger partial charge in [-0.2, -0.15) is 0 Å². The molecule has 0 radical (unpaired) electrons. The molecule has 1 saturated heterocycles. The normalized spacial score (nSPS) is 16.7. The van der Waals surface area contributed by atoms with Crippen LogP contribution in [0.25, 0.3) is 0 Å². The van der Waals surface area contributed by atoms with Crippen LogP contribution in [0.1, 0.15) is 30.4 Å². The van der Waals surface area contributed by atoms with Crippen LogP contribution in [0.15, 0.2) is 48.5 Å². The van der Waals surface area contributed by atoms with Gasteiger partial charge in [-0.05, 0) is 73.7 Å². The molecule has 0 aromatic heterocycles. The van der Waals surface area contributed by atoms with Crippen LogP contribution in [-0.4, -0.2) is 25.5 Å². The summed E-state index contributed by atoms with van der Waals surface area (Å²) in [6, 6.07) is 15.3. The van der Waals surface area contributed by atoms with E-state index in [2.05, 4.69) is 10.6 Å². The first-order chi connectivity index (χ1) is 13.2. The largest absolute Gasteiger partial charge is 0.489 e. The molecule has 5 heteroatoms. The monoisotopic (exact) mass is 386 g/mol. The van der Waals surface area contributed by atoms with E-state index in [9.17, 15) is 4.79 Å². The minimum absolute atomic E-state index is 0.0609. The van der Waals surface area contributed by atoms with Gasteiger partial charge in [-0.3, -0.25) is 4.79 Å². The smallest absolute Gasteiger partial charge is 0.224 e. The Morgan fingerprint density at radius 1 is 1.19 bits per heavy atom. The summed E-state index contributed by atoms with van der Waals surface area (Å²) in [5, 5.41) is 7.15. The number of halogens is 1. The molecule has 0 bridgehead atoms. The topological polar surface area (TPSA) is 50.4 Å². The van der Waals surface area contributed by atoms with Crippen molar-refractivity contribution in [2.45, 2.75) is 32.3 Å². The maximum atomic E-state index is 12.2. The molecule has 1 aliphatic rings. The van der Waals surface area contributed by atoms with Crippen LogP contribution in [0, 0.1) is 5.92 Å². The van der Waals surface area contributed by atoms with Crippen LogP contribution in [-0.2, 0) is 17.8 Å². The Labute approximate surface area is 166 Å². The van der Waals surface area contributed by atoms with Crippen LogP contribution >= 0.6 is 11.6 Å². The van der Waals surface area contributed by atoms with Crippen LogP contribution in [0.3, 0.4) is 0 Å². The second-order valence-electron chi connectivity index (χ2n) is 7.09. The summed E-state index contributed by atoms with van der Waals surface area (Å²) in [4.78, 5) is 12.2. The zero-order valence-corrected chi connectivity index (χ0v) is 16.3. The third-order valence-corrected chi connectivity index (χ3v) is 5.07. The summed E-state index contributed by atoms with van der Waals surface area (Å²) < 4.78 is 5.83. The molecule has 2 N–H and O–H groups in total. The van der Waals surface area contributed by atoms with Crippen molar-refractivity contribution in [2.24, 2.45) is 5.92 Å². The van der Waals surface area contributed by atoms with Crippen molar-refractivity contribution in [1.82, 2.24) is 10.6 Å². The van der Waals surface area contributed by atoms with Crippen LogP contribution in [0.5, 0.6) is 5.75 Å². The maximum Gasteiger partial charge on any atom is 0.224 e. The van der Waals surface area contributed by atoms with Crippen molar-refractivity contribution in [3.05, 3.63) is 64.7 Å². The number of hydrogen-bond donors (Lipinski definition) is 2. The highest BCUT2D eigenvalue weighted by atomic mass is 35.5. The summed E-state index contributed by atoms with van der Waals surface area (Å²) >= 11 is 6.00. The van der Waals surface area contributed by atoms with Crippen molar-refractivity contribution in [2.75, 3.05) is 19.6 Å². The molecule has 1 amide bonds. The third kappa shape index (κ3) is 6.89. The Morgan fingerprint density at radius 3 is 2.85 bits per heavy atom. The zero-order chi connectivity index (χ0) is 18.9. The predicted octanol–water partition coefficient (Wildman–Crippen LogP) is 3.97. The van der Waals surface area contributed by atoms with E-state index in [1.165, 1.54) is 12.8 Å². The lowest BCUT2D eigenvalue weighted by Gasteiger charge is -2.22. The van der Waals surface area contributed by atoms with Gasteiger partial charge >= 0.3 is 0 Å². The molecule has 1 atom stereocenters. The summed E-state index contributed by atoms with van der Waals surface area (Å²) in [7, 11) is 0. The lowest BCUT2D eigenvalue weighted by Crippen LogP contribution is -2.33. The molecule has 2 aromatic carbocycles. The number of rotatable bonds is 8. The average Bonchev–Trinajstić information content (AvgIpc) is 2.68. The molecule has 1 heterocycles. The average molecular weight is 387 g/mol. The van der Waals surface area contributed by atoms with Gasteiger partial charge in [0.2, 0.25) is 5.91 Å². The second kappa shape index (κ2) is 10.3. The van der Waals surface area contributed by atoms with Crippen molar-refractivity contribution in [1.29, 1.82) is 0 Å². The third-order valence-electron chi connectivity index (χ3n) is 4.83. The Kier molecular flexibility index (Phi) is 7.55. The van der Waals surface area contributed by atoms with Gasteiger partial charge in [-0.1, -0.05) is 35.9 Å². The molecule has 0 aliphatic carbocycles. The second-order valence-corrected chi connectivity index (χ2v) is 7.53. The number of amides is 1. The van der Waals surface area contributed by atoms with Crippen molar-refractivity contribution in [3.63, 3.8) is 0 Å². The van der Waals surface area contributed by atoms with Gasteiger partial charge in [0.1, 0.15) is 12.4 Å². The number of hydrogen-bond acceptors (Lipinski definition) is 3. The highest BCUT2D eigenvalue weighted by Gasteiger charge is 2.13. The lowest BCUT2D eigenvalue weighted by molar-refractivity contribution is -0.120. The first kappa shape index (κ1) is 19.7. The van der Waals surface area contributed by atoms with Gasteiger partial charge < -0.3 is 15.4 Å². The number of piperidine rings is 1. The van der Waals surface area contributed by atoms with Gasteiger partial charge in [0.15, 0.2) is 0 Å². The van der Waals surface area contributed by atoms with Crippen molar-refractivity contribution in [3.8, 4) is 5.75 Å². The Balaban J connectivity index is 1.43. The van der Waals surface area contributed by atoms with E-state index in [1.54, 1.807) is 0 Å². The molecular formula is C22H27ClN2O2. The van der Waals surface area contributed by atoms with Crippen LogP contribution < -0.4 is 15.4 Å². The maximum absolute atomic E-state index is 12.2. The standard InChI is InChI=1S/C22H27ClN2O2/c23-20-7-1-5-19(12-20)16-27-21-8-2-4-18(13-21)14-22(26)25-11-9-17-6-3-10-24-15-17/h1-2,4-5,7-8,12-13,17,24H,3,6,9-11,14-16H2,(H,25,26). The fourth-order valence-corrected chi connectivity index (χ4v) is 3.59. The van der Waals surface area contributed by atoms with Gasteiger partial charge in [-0.15, -0.1) is 0 Å². The van der Waals surface area contributed by atoms with E-state index in [-0.39, 0.29) is 5.91 Å². The van der Waals surface area contributed by atoms with E-state index in [0.717, 1.165) is 42.9 Å². The Morgan fingerprint density at radius 2 is 2.04 bits per heavy atom. The van der Waals surface area contributed by atoms with E-state index in [4.69, 9.17) is 16.3 Å². The van der Waals surface area contributed by atoms with Crippen LogP contribution in [0.4, 0.5) is 0 Å². The Bertz CT molecular complexity index is 745. The lowest BCUT2D eigenvalue weighted by atomic mass is 9.96. The summed E-state index contributed by atoms with van der Waals surface area (Å²) in [5.74, 6) is 1.50. The van der Waals surface area contributed by atoms with E-state index < -0.39 is 0 Å². The highest BCUT2D eigenvalue weighted by Crippen LogP contribution is 2.17. The molecule has 0 saturated carbocycles. The predicted molar refractivity (Wildman–Crippen MR) is 109 cm³/mol. The first-order valence-electron chi connectivity index (χ1n) is 9.62. The van der Waals surface area contributed by atoms with Crippen LogP contribution in [0.2, 0.25) is 5.02 Å². The molecule has 1 aliphatic heterocycles.